The Morgan fingerprint density at radius 3 is 2.53 bits per heavy atom. The van der Waals surface area contributed by atoms with Crippen molar-refractivity contribution in [2.45, 2.75) is 55.1 Å². The minimum absolute atomic E-state index is 0.294. The van der Waals surface area contributed by atoms with Gasteiger partial charge in [-0.05, 0) is 50.3 Å². The Balaban J connectivity index is 1.99. The van der Waals surface area contributed by atoms with Gasteiger partial charge in [-0.3, -0.25) is 4.98 Å². The summed E-state index contributed by atoms with van der Waals surface area (Å²) in [4.78, 5) is 4.27. The van der Waals surface area contributed by atoms with Crippen molar-refractivity contribution in [1.82, 2.24) is 4.98 Å². The number of aromatic nitrogens is 1. The van der Waals surface area contributed by atoms with Crippen molar-refractivity contribution in [2.24, 2.45) is 0 Å². The van der Waals surface area contributed by atoms with E-state index >= 15 is 0 Å². The molecule has 2 saturated heterocycles. The van der Waals surface area contributed by atoms with E-state index in [-0.39, 0.29) is 0 Å². The van der Waals surface area contributed by atoms with Gasteiger partial charge in [0.15, 0.2) is 9.84 Å². The summed E-state index contributed by atoms with van der Waals surface area (Å²) in [5.74, 6) is 0. The number of pyridine rings is 1. The number of nitrogens with zero attached hydrogens (tertiary/aromatic N) is 1. The maximum absolute atomic E-state index is 12.2. The second-order valence-corrected chi connectivity index (χ2v) is 8.43. The lowest BCUT2D eigenvalue weighted by Gasteiger charge is -2.43. The molecule has 2 unspecified atom stereocenters. The van der Waals surface area contributed by atoms with Gasteiger partial charge in [-0.15, -0.1) is 0 Å². The lowest BCUT2D eigenvalue weighted by atomic mass is 9.82. The third-order valence-electron chi connectivity index (χ3n) is 4.50. The highest BCUT2D eigenvalue weighted by Gasteiger charge is 2.51. The molecule has 1 aromatic rings. The van der Waals surface area contributed by atoms with Gasteiger partial charge in [0.1, 0.15) is 5.60 Å². The number of hydrogen-bond donors (Lipinski definition) is 1. The number of aliphatic hydroxyl groups is 1. The van der Waals surface area contributed by atoms with Crippen LogP contribution in [0.15, 0.2) is 18.3 Å². The molecule has 2 aliphatic heterocycles. The first-order valence-corrected chi connectivity index (χ1v) is 8.41. The van der Waals surface area contributed by atoms with Gasteiger partial charge in [0, 0.05) is 6.20 Å². The molecule has 104 valence electrons. The van der Waals surface area contributed by atoms with E-state index < -0.39 is 25.9 Å². The van der Waals surface area contributed by atoms with Crippen molar-refractivity contribution in [3.05, 3.63) is 29.6 Å². The van der Waals surface area contributed by atoms with Gasteiger partial charge >= 0.3 is 0 Å². The second kappa shape index (κ2) is 4.28. The molecule has 2 bridgehead atoms. The Kier molecular flexibility index (Phi) is 2.94. The number of rotatable bonds is 1. The molecule has 3 heterocycles. The lowest BCUT2D eigenvalue weighted by Crippen LogP contribution is -2.50. The van der Waals surface area contributed by atoms with Gasteiger partial charge < -0.3 is 5.11 Å². The fourth-order valence-electron chi connectivity index (χ4n) is 3.45. The first-order valence-electron chi connectivity index (χ1n) is 6.80. The first-order chi connectivity index (χ1) is 8.92. The normalized spacial score (nSPS) is 36.9. The molecule has 4 nitrogen and oxygen atoms in total. The van der Waals surface area contributed by atoms with Crippen LogP contribution in [0.4, 0.5) is 0 Å². The van der Waals surface area contributed by atoms with Crippen molar-refractivity contribution in [3.8, 4) is 0 Å². The zero-order valence-corrected chi connectivity index (χ0v) is 11.9. The second-order valence-electron chi connectivity index (χ2n) is 5.92. The van der Waals surface area contributed by atoms with Crippen LogP contribution in [0.25, 0.3) is 0 Å². The molecule has 0 aromatic carbocycles. The number of sulfone groups is 1. The molecule has 19 heavy (non-hydrogen) atoms. The van der Waals surface area contributed by atoms with Gasteiger partial charge in [0.05, 0.1) is 16.2 Å². The topological polar surface area (TPSA) is 67.3 Å². The number of fused-ring (bicyclic) bond motifs is 2. The largest absolute Gasteiger partial charge is 0.383 e. The highest BCUT2D eigenvalue weighted by atomic mass is 32.2. The summed E-state index contributed by atoms with van der Waals surface area (Å²) in [5, 5.41) is 10.1. The molecule has 1 N–H and O–H groups in total. The van der Waals surface area contributed by atoms with E-state index in [0.717, 1.165) is 12.0 Å². The van der Waals surface area contributed by atoms with Crippen LogP contribution in [-0.4, -0.2) is 29.0 Å². The Hall–Kier alpha value is -0.940. The van der Waals surface area contributed by atoms with Crippen LogP contribution >= 0.6 is 0 Å². The molecule has 2 fully saturated rings. The third-order valence-corrected chi connectivity index (χ3v) is 7.17. The molecule has 2 aliphatic rings. The van der Waals surface area contributed by atoms with Gasteiger partial charge in [-0.25, -0.2) is 8.42 Å². The van der Waals surface area contributed by atoms with E-state index in [1.165, 1.54) is 0 Å². The maximum atomic E-state index is 12.2. The fraction of sp³-hybridized carbons (Fsp3) is 0.643. The standard InChI is InChI=1S/C14H19NO3S/c1-10-5-6-15-13(7-10)14(16)8-11-3-2-4-12(9-14)19(11,17)18/h5-7,11-12,16H,2-4,8-9H2,1H3. The van der Waals surface area contributed by atoms with Gasteiger partial charge in [0.2, 0.25) is 0 Å². The van der Waals surface area contributed by atoms with Crippen LogP contribution in [0.1, 0.15) is 43.4 Å². The fourth-order valence-corrected chi connectivity index (χ4v) is 6.00. The zero-order valence-electron chi connectivity index (χ0n) is 11.0. The molecule has 0 spiro atoms. The van der Waals surface area contributed by atoms with Crippen LogP contribution in [0.2, 0.25) is 0 Å². The molecular weight excluding hydrogens is 262 g/mol. The van der Waals surface area contributed by atoms with E-state index in [4.69, 9.17) is 0 Å². The maximum Gasteiger partial charge on any atom is 0.156 e. The van der Waals surface area contributed by atoms with Crippen molar-refractivity contribution in [3.63, 3.8) is 0 Å². The van der Waals surface area contributed by atoms with Crippen molar-refractivity contribution in [2.75, 3.05) is 0 Å². The first kappa shape index (κ1) is 13.1. The van der Waals surface area contributed by atoms with Crippen molar-refractivity contribution in [1.29, 1.82) is 0 Å². The van der Waals surface area contributed by atoms with Crippen LogP contribution < -0.4 is 0 Å². The molecule has 0 saturated carbocycles. The number of hydrogen-bond acceptors (Lipinski definition) is 4. The van der Waals surface area contributed by atoms with E-state index in [1.54, 1.807) is 6.20 Å². The highest BCUT2D eigenvalue weighted by molar-refractivity contribution is 7.92. The molecule has 5 heteroatoms. The summed E-state index contributed by atoms with van der Waals surface area (Å²) in [6.45, 7) is 1.95. The van der Waals surface area contributed by atoms with E-state index in [9.17, 15) is 13.5 Å². The van der Waals surface area contributed by atoms with Crippen LogP contribution in [0.5, 0.6) is 0 Å². The summed E-state index contributed by atoms with van der Waals surface area (Å²) in [6, 6.07) is 3.75. The molecule has 2 atom stereocenters. The Bertz CT molecular complexity index is 576. The van der Waals surface area contributed by atoms with Crippen LogP contribution in [0.3, 0.4) is 0 Å². The predicted octanol–water partition coefficient (Wildman–Crippen LogP) is 1.71. The Labute approximate surface area is 113 Å². The SMILES string of the molecule is Cc1ccnc(C2(O)CC3CCCC(C2)S3(=O)=O)c1. The van der Waals surface area contributed by atoms with E-state index in [2.05, 4.69) is 4.98 Å². The van der Waals surface area contributed by atoms with E-state index in [0.29, 0.717) is 31.4 Å². The summed E-state index contributed by atoms with van der Waals surface area (Å²) >= 11 is 0. The highest BCUT2D eigenvalue weighted by Crippen LogP contribution is 2.45. The molecule has 3 rings (SSSR count). The minimum Gasteiger partial charge on any atom is -0.383 e. The van der Waals surface area contributed by atoms with E-state index in [1.807, 2.05) is 19.1 Å². The van der Waals surface area contributed by atoms with Gasteiger partial charge in [0.25, 0.3) is 0 Å². The summed E-state index contributed by atoms with van der Waals surface area (Å²) < 4.78 is 24.5. The quantitative estimate of drug-likeness (QED) is 0.851. The molecule has 0 amide bonds. The molecule has 0 radical (unpaired) electrons. The van der Waals surface area contributed by atoms with Crippen molar-refractivity contribution >= 4 is 9.84 Å². The molecule has 0 aliphatic carbocycles. The lowest BCUT2D eigenvalue weighted by molar-refractivity contribution is 0.000939. The average Bonchev–Trinajstić information content (AvgIpc) is 2.31. The minimum atomic E-state index is -3.04. The zero-order chi connectivity index (χ0) is 13.7. The Morgan fingerprint density at radius 2 is 1.95 bits per heavy atom. The third kappa shape index (κ3) is 2.09. The number of aryl methyl sites for hydroxylation is 1. The summed E-state index contributed by atoms with van der Waals surface area (Å²) in [5.41, 5.74) is 0.587. The predicted molar refractivity (Wildman–Crippen MR) is 72.5 cm³/mol. The summed E-state index contributed by atoms with van der Waals surface area (Å²) in [6.07, 6.45) is 4.57. The van der Waals surface area contributed by atoms with Crippen molar-refractivity contribution < 1.29 is 13.5 Å². The smallest absolute Gasteiger partial charge is 0.156 e. The van der Waals surface area contributed by atoms with Gasteiger partial charge in [-0.1, -0.05) is 6.42 Å². The molecular formula is C14H19NO3S. The average molecular weight is 281 g/mol. The van der Waals surface area contributed by atoms with Gasteiger partial charge in [-0.2, -0.15) is 0 Å². The molecule has 1 aromatic heterocycles. The van der Waals surface area contributed by atoms with Crippen LogP contribution in [0, 0.1) is 6.92 Å². The van der Waals surface area contributed by atoms with Crippen LogP contribution in [-0.2, 0) is 15.4 Å². The monoisotopic (exact) mass is 281 g/mol. The summed E-state index contributed by atoms with van der Waals surface area (Å²) in [7, 11) is -3.04. The Morgan fingerprint density at radius 1 is 1.32 bits per heavy atom.